The summed E-state index contributed by atoms with van der Waals surface area (Å²) in [5.41, 5.74) is 3.31. The molecule has 0 atom stereocenters. The Hall–Kier alpha value is -2.37. The summed E-state index contributed by atoms with van der Waals surface area (Å²) in [7, 11) is 0. The predicted octanol–water partition coefficient (Wildman–Crippen LogP) is 1.21. The summed E-state index contributed by atoms with van der Waals surface area (Å²) in [5, 5.41) is 9.43. The normalized spacial score (nSPS) is 10.6. The number of nitrogens with zero attached hydrogens (tertiary/aromatic N) is 1. The molecular weight excluding hydrogens is 256 g/mol. The average molecular weight is 274 g/mol. The van der Waals surface area contributed by atoms with E-state index in [-0.39, 0.29) is 18.0 Å². The van der Waals surface area contributed by atoms with E-state index in [4.69, 9.17) is 0 Å². The van der Waals surface area contributed by atoms with E-state index in [0.717, 1.165) is 23.4 Å². The number of hydrogen-bond donors (Lipinski definition) is 3. The molecule has 6 nitrogen and oxygen atoms in total. The quantitative estimate of drug-likeness (QED) is 0.782. The minimum absolute atomic E-state index is 0.168. The first-order valence-corrected chi connectivity index (χ1v) is 6.53. The molecule has 0 spiro atoms. The van der Waals surface area contributed by atoms with Crippen LogP contribution in [-0.2, 0) is 13.0 Å². The second-order valence-electron chi connectivity index (χ2n) is 4.76. The second-order valence-corrected chi connectivity index (χ2v) is 4.76. The second kappa shape index (κ2) is 5.73. The van der Waals surface area contributed by atoms with Crippen LogP contribution in [0.1, 0.15) is 39.9 Å². The van der Waals surface area contributed by atoms with Gasteiger partial charge in [-0.2, -0.15) is 5.10 Å². The molecule has 106 valence electrons. The molecule has 0 aliphatic rings. The van der Waals surface area contributed by atoms with Crippen LogP contribution >= 0.6 is 0 Å². The van der Waals surface area contributed by atoms with Gasteiger partial charge >= 0.3 is 0 Å². The summed E-state index contributed by atoms with van der Waals surface area (Å²) < 4.78 is 0. The van der Waals surface area contributed by atoms with Gasteiger partial charge in [0.15, 0.2) is 0 Å². The highest BCUT2D eigenvalue weighted by molar-refractivity contribution is 5.92. The maximum Gasteiger partial charge on any atom is 0.272 e. The molecule has 3 N–H and O–H groups in total. The van der Waals surface area contributed by atoms with E-state index in [1.807, 2.05) is 26.8 Å². The third-order valence-corrected chi connectivity index (χ3v) is 3.16. The number of carbonyl (C=O) groups excluding carboxylic acids is 1. The highest BCUT2D eigenvalue weighted by Gasteiger charge is 2.11. The highest BCUT2D eigenvalue weighted by atomic mass is 16.2. The molecule has 0 bridgehead atoms. The molecule has 20 heavy (non-hydrogen) atoms. The molecule has 1 amide bonds. The Balaban J connectivity index is 2.09. The van der Waals surface area contributed by atoms with Crippen molar-refractivity contribution in [3.8, 4) is 0 Å². The zero-order chi connectivity index (χ0) is 14.7. The SMILES string of the molecule is CCc1cc(C(=O)NCc2c(C)cc(C)[nH]c2=O)n[nH]1. The molecule has 2 aromatic heterocycles. The Labute approximate surface area is 116 Å². The van der Waals surface area contributed by atoms with Crippen molar-refractivity contribution in [2.45, 2.75) is 33.7 Å². The highest BCUT2D eigenvalue weighted by Crippen LogP contribution is 2.04. The fourth-order valence-electron chi connectivity index (χ4n) is 2.02. The van der Waals surface area contributed by atoms with Gasteiger partial charge in [0.25, 0.3) is 11.5 Å². The van der Waals surface area contributed by atoms with Crippen molar-refractivity contribution in [1.82, 2.24) is 20.5 Å². The van der Waals surface area contributed by atoms with E-state index in [1.165, 1.54) is 0 Å². The van der Waals surface area contributed by atoms with Crippen LogP contribution in [0.15, 0.2) is 16.9 Å². The molecule has 0 aliphatic heterocycles. The number of hydrogen-bond acceptors (Lipinski definition) is 3. The van der Waals surface area contributed by atoms with Crippen molar-refractivity contribution >= 4 is 5.91 Å². The van der Waals surface area contributed by atoms with Crippen LogP contribution in [0.5, 0.6) is 0 Å². The molecule has 2 rings (SSSR count). The van der Waals surface area contributed by atoms with Crippen molar-refractivity contribution in [3.63, 3.8) is 0 Å². The van der Waals surface area contributed by atoms with Crippen LogP contribution in [0, 0.1) is 13.8 Å². The Kier molecular flexibility index (Phi) is 4.02. The number of aromatic amines is 2. The summed E-state index contributed by atoms with van der Waals surface area (Å²) in [4.78, 5) is 26.5. The first kappa shape index (κ1) is 14.0. The van der Waals surface area contributed by atoms with Crippen LogP contribution < -0.4 is 10.9 Å². The van der Waals surface area contributed by atoms with Gasteiger partial charge in [0, 0.05) is 23.5 Å². The fraction of sp³-hybridized carbons (Fsp3) is 0.357. The van der Waals surface area contributed by atoms with Gasteiger partial charge in [-0.25, -0.2) is 0 Å². The van der Waals surface area contributed by atoms with Gasteiger partial charge in [0.2, 0.25) is 0 Å². The summed E-state index contributed by atoms with van der Waals surface area (Å²) in [5.74, 6) is -0.291. The number of aromatic nitrogens is 3. The summed E-state index contributed by atoms with van der Waals surface area (Å²) in [6.07, 6.45) is 0.789. The molecule has 0 radical (unpaired) electrons. The fourth-order valence-corrected chi connectivity index (χ4v) is 2.02. The van der Waals surface area contributed by atoms with Gasteiger partial charge in [0.1, 0.15) is 5.69 Å². The number of pyridine rings is 1. The Morgan fingerprint density at radius 3 is 2.70 bits per heavy atom. The lowest BCUT2D eigenvalue weighted by Gasteiger charge is -2.06. The van der Waals surface area contributed by atoms with Crippen molar-refractivity contribution in [2.75, 3.05) is 0 Å². The third-order valence-electron chi connectivity index (χ3n) is 3.16. The van der Waals surface area contributed by atoms with Crippen LogP contribution in [-0.4, -0.2) is 21.1 Å². The van der Waals surface area contributed by atoms with Crippen molar-refractivity contribution in [2.24, 2.45) is 0 Å². The Morgan fingerprint density at radius 1 is 1.35 bits per heavy atom. The van der Waals surface area contributed by atoms with Gasteiger partial charge in [-0.3, -0.25) is 14.7 Å². The van der Waals surface area contributed by atoms with Crippen LogP contribution in [0.25, 0.3) is 0 Å². The average Bonchev–Trinajstić information content (AvgIpc) is 2.86. The van der Waals surface area contributed by atoms with Gasteiger partial charge in [-0.1, -0.05) is 6.92 Å². The predicted molar refractivity (Wildman–Crippen MR) is 75.7 cm³/mol. The Bertz CT molecular complexity index is 685. The van der Waals surface area contributed by atoms with E-state index in [9.17, 15) is 9.59 Å². The molecule has 0 unspecified atom stereocenters. The number of aryl methyl sites for hydroxylation is 3. The van der Waals surface area contributed by atoms with Crippen molar-refractivity contribution in [3.05, 3.63) is 50.7 Å². The summed E-state index contributed by atoms with van der Waals surface area (Å²) in [6.45, 7) is 5.85. The van der Waals surface area contributed by atoms with Gasteiger partial charge in [0.05, 0.1) is 0 Å². The van der Waals surface area contributed by atoms with Gasteiger partial charge in [-0.05, 0) is 38.0 Å². The van der Waals surface area contributed by atoms with E-state index in [2.05, 4.69) is 20.5 Å². The van der Waals surface area contributed by atoms with Gasteiger partial charge < -0.3 is 10.3 Å². The van der Waals surface area contributed by atoms with Crippen molar-refractivity contribution < 1.29 is 4.79 Å². The van der Waals surface area contributed by atoms with E-state index in [1.54, 1.807) is 6.07 Å². The number of amides is 1. The number of H-pyrrole nitrogens is 2. The largest absolute Gasteiger partial charge is 0.346 e. The number of rotatable bonds is 4. The molecular formula is C14H18N4O2. The molecule has 0 fully saturated rings. The summed E-state index contributed by atoms with van der Waals surface area (Å²) in [6, 6.07) is 3.59. The van der Waals surface area contributed by atoms with Crippen LogP contribution in [0.4, 0.5) is 0 Å². The maximum atomic E-state index is 11.9. The van der Waals surface area contributed by atoms with E-state index >= 15 is 0 Å². The molecule has 0 aromatic carbocycles. The van der Waals surface area contributed by atoms with Crippen molar-refractivity contribution in [1.29, 1.82) is 0 Å². The minimum atomic E-state index is -0.291. The lowest BCUT2D eigenvalue weighted by molar-refractivity contribution is 0.0945. The van der Waals surface area contributed by atoms with Crippen LogP contribution in [0.3, 0.4) is 0 Å². The molecule has 0 aliphatic carbocycles. The lowest BCUT2D eigenvalue weighted by atomic mass is 10.1. The van der Waals surface area contributed by atoms with E-state index in [0.29, 0.717) is 11.3 Å². The maximum absolute atomic E-state index is 11.9. The monoisotopic (exact) mass is 274 g/mol. The molecule has 6 heteroatoms. The molecule has 0 saturated carbocycles. The van der Waals surface area contributed by atoms with E-state index < -0.39 is 0 Å². The third kappa shape index (κ3) is 2.96. The zero-order valence-electron chi connectivity index (χ0n) is 11.8. The first-order valence-electron chi connectivity index (χ1n) is 6.53. The lowest BCUT2D eigenvalue weighted by Crippen LogP contribution is -2.28. The molecule has 2 aromatic rings. The van der Waals surface area contributed by atoms with Crippen LogP contribution in [0.2, 0.25) is 0 Å². The zero-order valence-corrected chi connectivity index (χ0v) is 11.8. The Morgan fingerprint density at radius 2 is 2.10 bits per heavy atom. The molecule has 2 heterocycles. The molecule has 0 saturated heterocycles. The standard InChI is InChI=1S/C14H18N4O2/c1-4-10-6-12(18-17-10)14(20)15-7-11-8(2)5-9(3)16-13(11)19/h5-6H,4,7H2,1-3H3,(H,15,20)(H,16,19)(H,17,18). The first-order chi connectivity index (χ1) is 9.51. The number of carbonyl (C=O) groups is 1. The summed E-state index contributed by atoms with van der Waals surface area (Å²) >= 11 is 0. The topological polar surface area (TPSA) is 90.6 Å². The number of nitrogens with one attached hydrogen (secondary N) is 3. The van der Waals surface area contributed by atoms with Gasteiger partial charge in [-0.15, -0.1) is 0 Å². The minimum Gasteiger partial charge on any atom is -0.346 e. The smallest absolute Gasteiger partial charge is 0.272 e.